The van der Waals surface area contributed by atoms with Crippen molar-refractivity contribution >= 4 is 27.0 Å². The second-order valence-electron chi connectivity index (χ2n) is 9.25. The molecule has 1 heterocycles. The molecular formula is C27H41B2N2-. The predicted octanol–water partition coefficient (Wildman–Crippen LogP) is 3.23. The van der Waals surface area contributed by atoms with Crippen LogP contribution in [0, 0.1) is 0 Å². The largest absolute Gasteiger partial charge is 0.274 e. The summed E-state index contributed by atoms with van der Waals surface area (Å²) in [7, 11) is 0.00429. The summed E-state index contributed by atoms with van der Waals surface area (Å²) in [6, 6.07) is 13.9. The van der Waals surface area contributed by atoms with Crippen LogP contribution in [0.3, 0.4) is 0 Å². The molecule has 0 saturated heterocycles. The Hall–Kier alpha value is -2.22. The summed E-state index contributed by atoms with van der Waals surface area (Å²) in [5, 5.41) is 0. The molecule has 2 nitrogen and oxygen atoms in total. The molecule has 0 aliphatic carbocycles. The van der Waals surface area contributed by atoms with E-state index in [9.17, 15) is 0 Å². The Balaban J connectivity index is 2.39. The second-order valence-corrected chi connectivity index (χ2v) is 9.25. The molecule has 4 heteroatoms. The third kappa shape index (κ3) is 4.27. The third-order valence-electron chi connectivity index (χ3n) is 5.67. The van der Waals surface area contributed by atoms with Crippen LogP contribution in [0.1, 0.15) is 101 Å². The van der Waals surface area contributed by atoms with E-state index in [1.54, 1.807) is 11.3 Å². The lowest BCUT2D eigenvalue weighted by molar-refractivity contribution is -0.576. The summed E-state index contributed by atoms with van der Waals surface area (Å²) in [6.07, 6.45) is 2.51. The number of imidazole rings is 1. The van der Waals surface area contributed by atoms with Crippen molar-refractivity contribution in [1.82, 2.24) is 4.57 Å². The number of aromatic nitrogens is 2. The molecule has 0 amide bonds. The van der Waals surface area contributed by atoms with Gasteiger partial charge in [-0.2, -0.15) is 0 Å². The van der Waals surface area contributed by atoms with Gasteiger partial charge in [0.25, 0.3) is 0 Å². The lowest BCUT2D eigenvalue weighted by Gasteiger charge is -2.21. The highest BCUT2D eigenvalue weighted by atomic mass is 15.2. The Labute approximate surface area is 191 Å². The Kier molecular flexibility index (Phi) is 6.88. The van der Waals surface area contributed by atoms with Gasteiger partial charge in [0.2, 0.25) is 0 Å². The highest BCUT2D eigenvalue weighted by Crippen LogP contribution is 2.31. The fraction of sp³-hybridized carbons (Fsp3) is 0.444. The van der Waals surface area contributed by atoms with E-state index in [1.165, 1.54) is 33.6 Å². The molecule has 0 N–H and O–H groups in total. The normalized spacial score (nSPS) is 12.1. The molecule has 1 aromatic heterocycles. The van der Waals surface area contributed by atoms with E-state index < -0.39 is 0 Å². The Morgan fingerprint density at radius 3 is 1.42 bits per heavy atom. The topological polar surface area (TPSA) is 8.81 Å². The lowest BCUT2D eigenvalue weighted by Crippen LogP contribution is -2.49. The standard InChI is InChI=1S/C27H41B2N2/c1-16(2)20-11-9-12-21(17(3)4)25(20)30-15-24(28)31(27(30)29)26-22(18(5)6)13-10-14-23(26)19(7)8/h9-19H,1-8,28-29H3/q-1. The molecule has 0 unspecified atom stereocenters. The van der Waals surface area contributed by atoms with Gasteiger partial charge in [0.1, 0.15) is 11.4 Å². The Bertz CT molecular complexity index is 1020. The van der Waals surface area contributed by atoms with Crippen LogP contribution < -0.4 is 15.9 Å². The number of benzene rings is 2. The van der Waals surface area contributed by atoms with Gasteiger partial charge < -0.3 is 0 Å². The molecule has 31 heavy (non-hydrogen) atoms. The number of para-hydroxylation sites is 2. The van der Waals surface area contributed by atoms with Gasteiger partial charge in [0.15, 0.2) is 0 Å². The highest BCUT2D eigenvalue weighted by Gasteiger charge is 2.25. The van der Waals surface area contributed by atoms with E-state index in [4.69, 9.17) is 0 Å². The quantitative estimate of drug-likeness (QED) is 0.432. The number of nitrogens with zero attached hydrogens (tertiary/aromatic N) is 2. The molecule has 0 radical (unpaired) electrons. The molecule has 0 aliphatic rings. The second kappa shape index (κ2) is 9.10. The maximum atomic E-state index is 2.71. The molecule has 0 bridgehead atoms. The zero-order chi connectivity index (χ0) is 23.0. The summed E-state index contributed by atoms with van der Waals surface area (Å²) in [6.45, 7) is 18.7. The fourth-order valence-electron chi connectivity index (χ4n) is 4.07. The molecule has 0 saturated carbocycles. The third-order valence-corrected chi connectivity index (χ3v) is 5.67. The van der Waals surface area contributed by atoms with Gasteiger partial charge in [-0.1, -0.05) is 91.8 Å². The minimum Gasteiger partial charge on any atom is -0.274 e. The van der Waals surface area contributed by atoms with Gasteiger partial charge in [-0.3, -0.25) is 4.57 Å². The summed E-state index contributed by atoms with van der Waals surface area (Å²) in [4.78, 5) is 0. The molecule has 2 aromatic carbocycles. The molecular weight excluding hydrogens is 374 g/mol. The van der Waals surface area contributed by atoms with E-state index in [0.717, 1.165) is 0 Å². The van der Waals surface area contributed by atoms with Gasteiger partial charge in [-0.25, -0.2) is 4.57 Å². The van der Waals surface area contributed by atoms with Crippen molar-refractivity contribution in [3.05, 3.63) is 64.8 Å². The average molecular weight is 415 g/mol. The molecule has 3 aromatic rings. The van der Waals surface area contributed by atoms with Crippen LogP contribution in [0.2, 0.25) is 0 Å². The first-order valence-corrected chi connectivity index (χ1v) is 10.9. The zero-order valence-corrected chi connectivity index (χ0v) is 19.2. The monoisotopic (exact) mass is 415 g/mol. The summed E-state index contributed by atoms with van der Waals surface area (Å²) in [5.41, 5.74) is 12.1. The Morgan fingerprint density at radius 1 is 0.645 bits per heavy atom. The van der Waals surface area contributed by atoms with Gasteiger partial charge in [-0.15, -0.1) is 0 Å². The minimum absolute atomic E-state index is 0.0353. The van der Waals surface area contributed by atoms with E-state index in [0.29, 0.717) is 23.7 Å². The molecule has 0 aliphatic heterocycles. The molecule has 0 fully saturated rings. The van der Waals surface area contributed by atoms with Crippen molar-refractivity contribution < 1.29 is 4.57 Å². The van der Waals surface area contributed by atoms with Crippen LogP contribution in [0.4, 0.5) is 0 Å². The van der Waals surface area contributed by atoms with Crippen molar-refractivity contribution in [1.29, 1.82) is 0 Å². The number of hydrogen-bond acceptors (Lipinski definition) is 0. The van der Waals surface area contributed by atoms with Crippen molar-refractivity contribution in [2.45, 2.75) is 79.1 Å². The van der Waals surface area contributed by atoms with Gasteiger partial charge in [0, 0.05) is 30.1 Å². The lowest BCUT2D eigenvalue weighted by atomic mass is 9.90. The molecule has 166 valence electrons. The fourth-order valence-corrected chi connectivity index (χ4v) is 4.07. The van der Waals surface area contributed by atoms with Crippen LogP contribution in [0.5, 0.6) is 0 Å². The maximum Gasteiger partial charge on any atom is 0.135 e. The Morgan fingerprint density at radius 2 is 1.03 bits per heavy atom. The predicted molar refractivity (Wildman–Crippen MR) is 143 cm³/mol. The first-order valence-electron chi connectivity index (χ1n) is 10.9. The maximum absolute atomic E-state index is 2.71. The number of rotatable bonds is 6. The molecule has 0 atom stereocenters. The van der Waals surface area contributed by atoms with E-state index in [-0.39, 0.29) is 15.7 Å². The van der Waals surface area contributed by atoms with Gasteiger partial charge >= 0.3 is 0 Å². The van der Waals surface area contributed by atoms with Crippen LogP contribution in [0.25, 0.3) is 11.4 Å². The summed E-state index contributed by atoms with van der Waals surface area (Å²) >= 11 is 0. The van der Waals surface area contributed by atoms with Crippen molar-refractivity contribution in [2.24, 2.45) is 0 Å². The molecule has 3 rings (SSSR count). The minimum atomic E-state index is -0.0353. The van der Waals surface area contributed by atoms with E-state index in [1.807, 2.05) is 0 Å². The van der Waals surface area contributed by atoms with Crippen LogP contribution in [0.15, 0.2) is 42.6 Å². The summed E-state index contributed by atoms with van der Waals surface area (Å²) in [5.74, 6) is 2.09. The van der Waals surface area contributed by atoms with Crippen LogP contribution >= 0.6 is 0 Å². The van der Waals surface area contributed by atoms with E-state index in [2.05, 4.69) is 107 Å². The van der Waals surface area contributed by atoms with E-state index >= 15 is 0 Å². The smallest absolute Gasteiger partial charge is 0.135 e. The first-order chi connectivity index (χ1) is 14.6. The van der Waals surface area contributed by atoms with Crippen molar-refractivity contribution in [3.8, 4) is 11.4 Å². The van der Waals surface area contributed by atoms with Crippen molar-refractivity contribution in [3.63, 3.8) is 0 Å². The molecule has 0 spiro atoms. The van der Waals surface area contributed by atoms with Gasteiger partial charge in [-0.05, 0) is 29.3 Å². The average Bonchev–Trinajstić information content (AvgIpc) is 2.99. The first kappa shape index (κ1) is 23.4. The highest BCUT2D eigenvalue weighted by molar-refractivity contribution is 6.34. The van der Waals surface area contributed by atoms with Crippen molar-refractivity contribution in [2.75, 3.05) is 0 Å². The SMILES string of the molecule is [BH3-]c1c[n+](-c2c(C(C)C)cccc2C(C)C)c([BH3-])n1-c1c(C(C)C)cccc1C(C)C. The number of hydrogen-bond donors (Lipinski definition) is 0. The zero-order valence-electron chi connectivity index (χ0n) is 19.2. The van der Waals surface area contributed by atoms with Crippen LogP contribution in [-0.2, 0) is 0 Å². The summed E-state index contributed by atoms with van der Waals surface area (Å²) < 4.78 is 5.33. The van der Waals surface area contributed by atoms with Gasteiger partial charge in [0.05, 0.1) is 19.8 Å². The van der Waals surface area contributed by atoms with Crippen LogP contribution in [-0.4, -0.2) is 20.3 Å².